The lowest BCUT2D eigenvalue weighted by atomic mass is 10.0. The fraction of sp³-hybridized carbons (Fsp3) is 0.333. The minimum absolute atomic E-state index is 0.0677. The van der Waals surface area contributed by atoms with E-state index in [-0.39, 0.29) is 12.1 Å². The van der Waals surface area contributed by atoms with Gasteiger partial charge in [-0.15, -0.1) is 0 Å². The molecule has 0 saturated carbocycles. The van der Waals surface area contributed by atoms with Crippen molar-refractivity contribution in [1.29, 1.82) is 0 Å². The minimum atomic E-state index is -4.24. The highest BCUT2D eigenvalue weighted by Crippen LogP contribution is 2.38. The smallest absolute Gasteiger partial charge is 0.355 e. The molecule has 1 aromatic carbocycles. The van der Waals surface area contributed by atoms with Crippen molar-refractivity contribution in [2.45, 2.75) is 23.8 Å². The quantitative estimate of drug-likeness (QED) is 0.886. The molecule has 3 rings (SSSR count). The van der Waals surface area contributed by atoms with Crippen LogP contribution in [0, 0.1) is 11.6 Å². The normalized spacial score (nSPS) is 18.6. The predicted molar refractivity (Wildman–Crippen MR) is 82.4 cm³/mol. The maximum absolute atomic E-state index is 14.1. The number of aromatic nitrogens is 2. The van der Waals surface area contributed by atoms with E-state index in [1.54, 1.807) is 0 Å². The van der Waals surface area contributed by atoms with Gasteiger partial charge < -0.3 is 5.11 Å². The largest absolute Gasteiger partial charge is 0.476 e. The van der Waals surface area contributed by atoms with Crippen molar-refractivity contribution < 1.29 is 27.1 Å². The van der Waals surface area contributed by atoms with E-state index in [1.807, 2.05) is 0 Å². The Balaban J connectivity index is 2.08. The number of benzene rings is 1. The van der Waals surface area contributed by atoms with Crippen LogP contribution in [0.3, 0.4) is 0 Å². The van der Waals surface area contributed by atoms with Crippen LogP contribution in [0.25, 0.3) is 0 Å². The molecule has 1 aliphatic heterocycles. The van der Waals surface area contributed by atoms with Gasteiger partial charge in [-0.1, -0.05) is 12.1 Å². The van der Waals surface area contributed by atoms with Gasteiger partial charge in [-0.2, -0.15) is 9.40 Å². The summed E-state index contributed by atoms with van der Waals surface area (Å²) in [5.74, 6) is -3.60. The Morgan fingerprint density at radius 3 is 2.76 bits per heavy atom. The molecule has 25 heavy (non-hydrogen) atoms. The summed E-state index contributed by atoms with van der Waals surface area (Å²) in [5.41, 5.74) is -0.549. The van der Waals surface area contributed by atoms with Crippen LogP contribution in [0.15, 0.2) is 29.3 Å². The van der Waals surface area contributed by atoms with Crippen LogP contribution in [-0.4, -0.2) is 40.1 Å². The highest BCUT2D eigenvalue weighted by Gasteiger charge is 2.40. The summed E-state index contributed by atoms with van der Waals surface area (Å²) in [5, 5.41) is 13.0. The monoisotopic (exact) mass is 371 g/mol. The minimum Gasteiger partial charge on any atom is -0.476 e. The van der Waals surface area contributed by atoms with Crippen molar-refractivity contribution in [3.8, 4) is 0 Å². The topological polar surface area (TPSA) is 92.5 Å². The third-order valence-electron chi connectivity index (χ3n) is 4.24. The number of aromatic carboxylic acids is 1. The van der Waals surface area contributed by atoms with Crippen LogP contribution in [-0.2, 0) is 17.1 Å². The Hall–Kier alpha value is -2.33. The first kappa shape index (κ1) is 17.5. The van der Waals surface area contributed by atoms with Crippen LogP contribution >= 0.6 is 0 Å². The standard InChI is InChI=1S/C15H15F2N3O4S/c1-19-14(15(21)22)12(8-18-19)25(23,24)20-7-3-6-11(20)9-4-2-5-10(16)13(9)17/h2,4-5,8,11H,3,6-7H2,1H3,(H,21,22). The van der Waals surface area contributed by atoms with Crippen molar-refractivity contribution >= 4 is 16.0 Å². The molecule has 0 bridgehead atoms. The number of rotatable bonds is 4. The molecule has 1 N–H and O–H groups in total. The van der Waals surface area contributed by atoms with Gasteiger partial charge in [0.1, 0.15) is 4.90 Å². The summed E-state index contributed by atoms with van der Waals surface area (Å²) < 4.78 is 55.5. The number of hydrogen-bond acceptors (Lipinski definition) is 4. The molecule has 1 atom stereocenters. The molecule has 134 valence electrons. The second-order valence-corrected chi connectivity index (χ2v) is 7.56. The van der Waals surface area contributed by atoms with Gasteiger partial charge in [0.15, 0.2) is 17.3 Å². The number of carboxylic acids is 1. The molecule has 1 aromatic heterocycles. The lowest BCUT2D eigenvalue weighted by Crippen LogP contribution is -2.32. The van der Waals surface area contributed by atoms with Gasteiger partial charge in [0, 0.05) is 19.2 Å². The van der Waals surface area contributed by atoms with Crippen LogP contribution in [0.2, 0.25) is 0 Å². The van der Waals surface area contributed by atoms with E-state index in [0.29, 0.717) is 12.8 Å². The van der Waals surface area contributed by atoms with Crippen molar-refractivity contribution in [3.05, 3.63) is 47.3 Å². The van der Waals surface area contributed by atoms with E-state index in [4.69, 9.17) is 0 Å². The molecule has 2 heterocycles. The second-order valence-electron chi connectivity index (χ2n) is 5.70. The molecule has 7 nitrogen and oxygen atoms in total. The second kappa shape index (κ2) is 6.19. The molecular weight excluding hydrogens is 356 g/mol. The number of halogens is 2. The number of aryl methyl sites for hydroxylation is 1. The lowest BCUT2D eigenvalue weighted by molar-refractivity contribution is 0.0680. The molecule has 0 radical (unpaired) electrons. The van der Waals surface area contributed by atoms with E-state index in [1.165, 1.54) is 19.2 Å². The third kappa shape index (κ3) is 2.81. The van der Waals surface area contributed by atoms with Crippen LogP contribution in [0.4, 0.5) is 8.78 Å². The molecule has 10 heteroatoms. The lowest BCUT2D eigenvalue weighted by Gasteiger charge is -2.24. The molecule has 2 aromatic rings. The number of nitrogens with zero attached hydrogens (tertiary/aromatic N) is 3. The molecule has 0 spiro atoms. The summed E-state index contributed by atoms with van der Waals surface area (Å²) >= 11 is 0. The molecule has 0 amide bonds. The Morgan fingerprint density at radius 1 is 1.36 bits per heavy atom. The number of hydrogen-bond donors (Lipinski definition) is 1. The van der Waals surface area contributed by atoms with Crippen molar-refractivity contribution in [1.82, 2.24) is 14.1 Å². The van der Waals surface area contributed by atoms with Crippen molar-refractivity contribution in [2.75, 3.05) is 6.54 Å². The first-order chi connectivity index (χ1) is 11.7. The van der Waals surface area contributed by atoms with E-state index < -0.39 is 44.3 Å². The van der Waals surface area contributed by atoms with Gasteiger partial charge in [0.25, 0.3) is 0 Å². The maximum atomic E-state index is 14.1. The average molecular weight is 371 g/mol. The van der Waals surface area contributed by atoms with Gasteiger partial charge in [-0.05, 0) is 18.9 Å². The molecular formula is C15H15F2N3O4S. The Labute approximate surface area is 142 Å². The van der Waals surface area contributed by atoms with E-state index in [2.05, 4.69) is 5.10 Å². The summed E-state index contributed by atoms with van der Waals surface area (Å²) in [4.78, 5) is 10.9. The highest BCUT2D eigenvalue weighted by atomic mass is 32.2. The van der Waals surface area contributed by atoms with E-state index >= 15 is 0 Å². The van der Waals surface area contributed by atoms with Crippen molar-refractivity contribution in [2.24, 2.45) is 7.05 Å². The first-order valence-corrected chi connectivity index (χ1v) is 8.90. The third-order valence-corrected chi connectivity index (χ3v) is 6.15. The van der Waals surface area contributed by atoms with Gasteiger partial charge in [0.05, 0.1) is 12.2 Å². The highest BCUT2D eigenvalue weighted by molar-refractivity contribution is 7.89. The van der Waals surface area contributed by atoms with Crippen LogP contribution in [0.5, 0.6) is 0 Å². The van der Waals surface area contributed by atoms with Crippen LogP contribution in [0.1, 0.15) is 34.9 Å². The number of sulfonamides is 1. The van der Waals surface area contributed by atoms with Crippen LogP contribution < -0.4 is 0 Å². The summed E-state index contributed by atoms with van der Waals surface area (Å²) in [6.07, 6.45) is 1.71. The van der Waals surface area contributed by atoms with Crippen molar-refractivity contribution in [3.63, 3.8) is 0 Å². The first-order valence-electron chi connectivity index (χ1n) is 7.46. The molecule has 0 aliphatic carbocycles. The predicted octanol–water partition coefficient (Wildman–Crippen LogP) is 1.92. The maximum Gasteiger partial charge on any atom is 0.355 e. The zero-order chi connectivity index (χ0) is 18.4. The van der Waals surface area contributed by atoms with Gasteiger partial charge in [0.2, 0.25) is 10.0 Å². The van der Waals surface area contributed by atoms with E-state index in [9.17, 15) is 27.1 Å². The number of carbonyl (C=O) groups is 1. The van der Waals surface area contributed by atoms with Gasteiger partial charge in [-0.25, -0.2) is 22.0 Å². The Morgan fingerprint density at radius 2 is 2.08 bits per heavy atom. The number of carboxylic acid groups (broad SMARTS) is 1. The molecule has 1 fully saturated rings. The summed E-state index contributed by atoms with van der Waals surface area (Å²) in [7, 11) is -2.92. The Kier molecular flexibility index (Phi) is 4.33. The zero-order valence-electron chi connectivity index (χ0n) is 13.2. The van der Waals surface area contributed by atoms with Gasteiger partial charge >= 0.3 is 5.97 Å². The average Bonchev–Trinajstić information content (AvgIpc) is 3.17. The molecule has 1 aliphatic rings. The SMILES string of the molecule is Cn1ncc(S(=O)(=O)N2CCCC2c2cccc(F)c2F)c1C(=O)O. The molecule has 1 unspecified atom stereocenters. The molecule has 1 saturated heterocycles. The van der Waals surface area contributed by atoms with Gasteiger partial charge in [-0.3, -0.25) is 4.68 Å². The summed E-state index contributed by atoms with van der Waals surface area (Å²) in [6.45, 7) is 0.0803. The Bertz CT molecular complexity index is 942. The zero-order valence-corrected chi connectivity index (χ0v) is 14.0. The fourth-order valence-electron chi connectivity index (χ4n) is 3.09. The van der Waals surface area contributed by atoms with E-state index in [0.717, 1.165) is 21.3 Å². The summed E-state index contributed by atoms with van der Waals surface area (Å²) in [6, 6.07) is 2.69. The fourth-order valence-corrected chi connectivity index (χ4v) is 4.91.